The van der Waals surface area contributed by atoms with Crippen molar-refractivity contribution in [1.29, 1.82) is 0 Å². The molecule has 116 valence electrons. The van der Waals surface area contributed by atoms with E-state index >= 15 is 0 Å². The SMILES string of the molecule is CCn1c(C(F)(F)F)cc2cc(OC)c(OC)c(OC)c21. The average Bonchev–Trinajstić information content (AvgIpc) is 2.83. The summed E-state index contributed by atoms with van der Waals surface area (Å²) in [5.74, 6) is 0.821. The van der Waals surface area contributed by atoms with Gasteiger partial charge in [0.1, 0.15) is 5.69 Å². The van der Waals surface area contributed by atoms with Crippen LogP contribution in [0.3, 0.4) is 0 Å². The van der Waals surface area contributed by atoms with Crippen LogP contribution in [0.4, 0.5) is 13.2 Å². The maximum atomic E-state index is 13.1. The topological polar surface area (TPSA) is 32.6 Å². The molecule has 0 amide bonds. The minimum Gasteiger partial charge on any atom is -0.493 e. The highest BCUT2D eigenvalue weighted by atomic mass is 19.4. The second-order valence-corrected chi connectivity index (χ2v) is 4.35. The third kappa shape index (κ3) is 2.36. The predicted octanol–water partition coefficient (Wildman–Crippen LogP) is 3.71. The van der Waals surface area contributed by atoms with Gasteiger partial charge in [-0.15, -0.1) is 0 Å². The molecule has 0 aliphatic rings. The van der Waals surface area contributed by atoms with E-state index in [1.165, 1.54) is 27.4 Å². The van der Waals surface area contributed by atoms with Crippen molar-refractivity contribution in [3.8, 4) is 17.2 Å². The molecule has 1 aromatic heterocycles. The highest BCUT2D eigenvalue weighted by Crippen LogP contribution is 2.46. The monoisotopic (exact) mass is 303 g/mol. The fraction of sp³-hybridized carbons (Fsp3) is 0.429. The summed E-state index contributed by atoms with van der Waals surface area (Å²) < 4.78 is 56.3. The fourth-order valence-electron chi connectivity index (χ4n) is 2.46. The van der Waals surface area contributed by atoms with Crippen LogP contribution < -0.4 is 14.2 Å². The van der Waals surface area contributed by atoms with E-state index in [9.17, 15) is 13.2 Å². The summed E-state index contributed by atoms with van der Waals surface area (Å²) >= 11 is 0. The third-order valence-corrected chi connectivity index (χ3v) is 3.29. The molecular weight excluding hydrogens is 287 g/mol. The quantitative estimate of drug-likeness (QED) is 0.863. The van der Waals surface area contributed by atoms with Crippen LogP contribution in [0.1, 0.15) is 12.6 Å². The van der Waals surface area contributed by atoms with Gasteiger partial charge < -0.3 is 18.8 Å². The molecule has 0 aliphatic heterocycles. The number of nitrogens with zero attached hydrogens (tertiary/aromatic N) is 1. The maximum absolute atomic E-state index is 13.1. The van der Waals surface area contributed by atoms with Crippen molar-refractivity contribution in [3.05, 3.63) is 17.8 Å². The molecule has 1 aromatic carbocycles. The number of methoxy groups -OCH3 is 3. The summed E-state index contributed by atoms with van der Waals surface area (Å²) in [6, 6.07) is 2.60. The molecule has 0 N–H and O–H groups in total. The summed E-state index contributed by atoms with van der Waals surface area (Å²) in [5, 5.41) is 0.388. The van der Waals surface area contributed by atoms with Gasteiger partial charge in [0, 0.05) is 11.9 Å². The van der Waals surface area contributed by atoms with Crippen LogP contribution in [-0.2, 0) is 12.7 Å². The van der Waals surface area contributed by atoms with Crippen LogP contribution >= 0.6 is 0 Å². The van der Waals surface area contributed by atoms with Gasteiger partial charge in [-0.2, -0.15) is 13.2 Å². The van der Waals surface area contributed by atoms with Crippen molar-refractivity contribution < 1.29 is 27.4 Å². The summed E-state index contributed by atoms with van der Waals surface area (Å²) in [7, 11) is 4.22. The number of halogens is 3. The van der Waals surface area contributed by atoms with E-state index in [0.717, 1.165) is 10.6 Å². The Labute approximate surface area is 120 Å². The van der Waals surface area contributed by atoms with E-state index in [4.69, 9.17) is 14.2 Å². The molecule has 0 atom stereocenters. The zero-order valence-electron chi connectivity index (χ0n) is 12.2. The number of rotatable bonds is 4. The van der Waals surface area contributed by atoms with Crippen LogP contribution in [0.5, 0.6) is 17.2 Å². The van der Waals surface area contributed by atoms with E-state index in [1.807, 2.05) is 0 Å². The lowest BCUT2D eigenvalue weighted by atomic mass is 10.2. The molecule has 0 saturated heterocycles. The standard InChI is InChI=1S/C14H16F3NO3/c1-5-18-10(14(15,16)17)7-8-6-9(19-2)12(20-3)13(21-4)11(8)18/h6-7H,5H2,1-4H3. The van der Waals surface area contributed by atoms with Gasteiger partial charge in [-0.25, -0.2) is 0 Å². The predicted molar refractivity (Wildman–Crippen MR) is 72.3 cm³/mol. The summed E-state index contributed by atoms with van der Waals surface area (Å²) in [6.45, 7) is 1.80. The zero-order chi connectivity index (χ0) is 15.8. The Balaban J connectivity index is 2.92. The minimum absolute atomic E-state index is 0.157. The van der Waals surface area contributed by atoms with E-state index in [1.54, 1.807) is 6.92 Å². The lowest BCUT2D eigenvalue weighted by Crippen LogP contribution is -2.12. The molecule has 0 radical (unpaired) electrons. The van der Waals surface area contributed by atoms with Crippen molar-refractivity contribution in [2.45, 2.75) is 19.6 Å². The second-order valence-electron chi connectivity index (χ2n) is 4.35. The van der Waals surface area contributed by atoms with E-state index < -0.39 is 11.9 Å². The van der Waals surface area contributed by atoms with Gasteiger partial charge in [0.15, 0.2) is 11.5 Å². The Morgan fingerprint density at radius 1 is 1.00 bits per heavy atom. The van der Waals surface area contributed by atoms with Gasteiger partial charge in [-0.05, 0) is 19.1 Å². The fourth-order valence-corrected chi connectivity index (χ4v) is 2.46. The first-order valence-electron chi connectivity index (χ1n) is 6.28. The van der Waals surface area contributed by atoms with Crippen molar-refractivity contribution >= 4 is 10.9 Å². The molecule has 21 heavy (non-hydrogen) atoms. The first-order chi connectivity index (χ1) is 9.88. The Morgan fingerprint density at radius 2 is 1.62 bits per heavy atom. The number of hydrogen-bond acceptors (Lipinski definition) is 3. The zero-order valence-corrected chi connectivity index (χ0v) is 12.2. The van der Waals surface area contributed by atoms with E-state index in [-0.39, 0.29) is 18.0 Å². The third-order valence-electron chi connectivity index (χ3n) is 3.29. The van der Waals surface area contributed by atoms with Crippen LogP contribution in [-0.4, -0.2) is 25.9 Å². The summed E-state index contributed by atoms with van der Waals surface area (Å²) in [5.41, 5.74) is -0.390. The van der Waals surface area contributed by atoms with Gasteiger partial charge in [0.05, 0.1) is 26.8 Å². The molecular formula is C14H16F3NO3. The van der Waals surface area contributed by atoms with Crippen molar-refractivity contribution in [2.75, 3.05) is 21.3 Å². The van der Waals surface area contributed by atoms with Crippen molar-refractivity contribution in [2.24, 2.45) is 0 Å². The first kappa shape index (κ1) is 15.3. The number of fused-ring (bicyclic) bond motifs is 1. The molecule has 2 rings (SSSR count). The molecule has 0 spiro atoms. The molecule has 7 heteroatoms. The van der Waals surface area contributed by atoms with E-state index in [0.29, 0.717) is 16.7 Å². The highest BCUT2D eigenvalue weighted by molar-refractivity contribution is 5.92. The van der Waals surface area contributed by atoms with E-state index in [2.05, 4.69) is 0 Å². The van der Waals surface area contributed by atoms with Gasteiger partial charge in [-0.1, -0.05) is 0 Å². The average molecular weight is 303 g/mol. The maximum Gasteiger partial charge on any atom is 0.431 e. The number of aryl methyl sites for hydroxylation is 1. The van der Waals surface area contributed by atoms with Gasteiger partial charge in [-0.3, -0.25) is 0 Å². The summed E-state index contributed by atoms with van der Waals surface area (Å²) in [6.07, 6.45) is -4.44. The molecule has 0 aliphatic carbocycles. The molecule has 2 aromatic rings. The number of hydrogen-bond donors (Lipinski definition) is 0. The Kier molecular flexibility index (Phi) is 3.93. The normalized spacial score (nSPS) is 11.8. The molecule has 1 heterocycles. The van der Waals surface area contributed by atoms with Crippen molar-refractivity contribution in [3.63, 3.8) is 0 Å². The Bertz CT molecular complexity index is 662. The molecule has 4 nitrogen and oxygen atoms in total. The molecule has 0 fully saturated rings. The summed E-state index contributed by atoms with van der Waals surface area (Å²) in [4.78, 5) is 0. The number of alkyl halides is 3. The molecule has 0 saturated carbocycles. The lowest BCUT2D eigenvalue weighted by Gasteiger charge is -2.16. The van der Waals surface area contributed by atoms with Crippen LogP contribution in [0, 0.1) is 0 Å². The molecule has 0 bridgehead atoms. The first-order valence-corrected chi connectivity index (χ1v) is 6.28. The van der Waals surface area contributed by atoms with Crippen LogP contribution in [0.25, 0.3) is 10.9 Å². The Morgan fingerprint density at radius 3 is 2.05 bits per heavy atom. The largest absolute Gasteiger partial charge is 0.493 e. The number of aromatic nitrogens is 1. The highest BCUT2D eigenvalue weighted by Gasteiger charge is 2.36. The lowest BCUT2D eigenvalue weighted by molar-refractivity contribution is -0.143. The minimum atomic E-state index is -4.44. The van der Waals surface area contributed by atoms with Gasteiger partial charge >= 0.3 is 6.18 Å². The second kappa shape index (κ2) is 5.38. The van der Waals surface area contributed by atoms with Crippen molar-refractivity contribution in [1.82, 2.24) is 4.57 Å². The van der Waals surface area contributed by atoms with Gasteiger partial charge in [0.2, 0.25) is 5.75 Å². The van der Waals surface area contributed by atoms with Crippen LogP contribution in [0.2, 0.25) is 0 Å². The van der Waals surface area contributed by atoms with Gasteiger partial charge in [0.25, 0.3) is 0 Å². The Hall–Kier alpha value is -2.05. The smallest absolute Gasteiger partial charge is 0.431 e. The van der Waals surface area contributed by atoms with Crippen LogP contribution in [0.15, 0.2) is 12.1 Å². The number of ether oxygens (including phenoxy) is 3. The molecule has 0 unspecified atom stereocenters. The number of benzene rings is 1.